The molecule has 0 bridgehead atoms. The summed E-state index contributed by atoms with van der Waals surface area (Å²) in [5, 5.41) is 1.32. The van der Waals surface area contributed by atoms with Gasteiger partial charge in [-0.3, -0.25) is 9.88 Å². The number of rotatable bonds is 8. The smallest absolute Gasteiger partial charge is 0.0486 e. The molecule has 4 aromatic rings. The van der Waals surface area contributed by atoms with E-state index >= 15 is 0 Å². The first-order chi connectivity index (χ1) is 13.8. The molecule has 0 N–H and O–H groups in total. The molecule has 0 fully saturated rings. The number of hydrogen-bond acceptors (Lipinski definition) is 2. The van der Waals surface area contributed by atoms with Gasteiger partial charge in [0.1, 0.15) is 0 Å². The van der Waals surface area contributed by atoms with E-state index in [1.807, 2.05) is 18.5 Å². The fourth-order valence-electron chi connectivity index (χ4n) is 3.74. The predicted octanol–water partition coefficient (Wildman–Crippen LogP) is 5.42. The van der Waals surface area contributed by atoms with Crippen LogP contribution in [-0.4, -0.2) is 14.5 Å². The maximum atomic E-state index is 4.15. The van der Waals surface area contributed by atoms with Gasteiger partial charge in [0, 0.05) is 55.7 Å². The van der Waals surface area contributed by atoms with Crippen LogP contribution in [0.25, 0.3) is 10.9 Å². The lowest BCUT2D eigenvalue weighted by Crippen LogP contribution is -2.22. The molecule has 0 atom stereocenters. The number of aromatic nitrogens is 2. The second-order valence-electron chi connectivity index (χ2n) is 7.10. The van der Waals surface area contributed by atoms with Gasteiger partial charge in [-0.1, -0.05) is 54.6 Å². The second-order valence-corrected chi connectivity index (χ2v) is 7.10. The normalized spacial score (nSPS) is 11.2. The molecule has 4 rings (SSSR count). The summed E-state index contributed by atoms with van der Waals surface area (Å²) < 4.78 is 2.28. The van der Waals surface area contributed by atoms with Crippen molar-refractivity contribution in [3.63, 3.8) is 0 Å². The lowest BCUT2D eigenvalue weighted by atomic mass is 10.1. The minimum atomic E-state index is 0.823. The second kappa shape index (κ2) is 8.68. The van der Waals surface area contributed by atoms with Crippen LogP contribution in [0.3, 0.4) is 0 Å². The zero-order valence-electron chi connectivity index (χ0n) is 16.0. The van der Waals surface area contributed by atoms with Crippen LogP contribution in [0.1, 0.15) is 16.7 Å². The Labute approximate surface area is 166 Å². The standard InChI is InChI=1S/C25H25N3/c1-2-16-28-20-23(24-10-6-7-11-25(24)28)19-27(17-21-8-4-3-5-9-21)18-22-12-14-26-15-13-22/h2-15,20H,1,16-19H2. The van der Waals surface area contributed by atoms with Gasteiger partial charge < -0.3 is 4.57 Å². The number of fused-ring (bicyclic) bond motifs is 1. The average Bonchev–Trinajstić information content (AvgIpc) is 3.07. The Hall–Kier alpha value is -3.17. The molecule has 3 heteroatoms. The van der Waals surface area contributed by atoms with Crippen LogP contribution in [0.15, 0.2) is 98.0 Å². The van der Waals surface area contributed by atoms with Crippen molar-refractivity contribution in [3.8, 4) is 0 Å². The van der Waals surface area contributed by atoms with Crippen LogP contribution >= 0.6 is 0 Å². The van der Waals surface area contributed by atoms with Crippen molar-refractivity contribution in [1.82, 2.24) is 14.5 Å². The summed E-state index contributed by atoms with van der Waals surface area (Å²) in [6.07, 6.45) is 7.96. The predicted molar refractivity (Wildman–Crippen MR) is 116 cm³/mol. The van der Waals surface area contributed by atoms with E-state index in [1.54, 1.807) is 0 Å². The Morgan fingerprint density at radius 1 is 0.821 bits per heavy atom. The summed E-state index contributed by atoms with van der Waals surface area (Å²) in [7, 11) is 0. The molecule has 0 aliphatic heterocycles. The molecule has 0 spiro atoms. The maximum Gasteiger partial charge on any atom is 0.0486 e. The highest BCUT2D eigenvalue weighted by molar-refractivity contribution is 5.84. The van der Waals surface area contributed by atoms with E-state index in [2.05, 4.69) is 94.0 Å². The molecule has 2 heterocycles. The monoisotopic (exact) mass is 367 g/mol. The number of para-hydroxylation sites is 1. The summed E-state index contributed by atoms with van der Waals surface area (Å²) in [4.78, 5) is 6.64. The lowest BCUT2D eigenvalue weighted by molar-refractivity contribution is 0.248. The first kappa shape index (κ1) is 18.2. The van der Waals surface area contributed by atoms with Gasteiger partial charge in [-0.25, -0.2) is 0 Å². The third kappa shape index (κ3) is 4.21. The summed E-state index contributed by atoms with van der Waals surface area (Å²) in [5.41, 5.74) is 5.22. The largest absolute Gasteiger partial charge is 0.343 e. The third-order valence-electron chi connectivity index (χ3n) is 5.00. The number of benzene rings is 2. The van der Waals surface area contributed by atoms with Gasteiger partial charge in [-0.2, -0.15) is 0 Å². The number of pyridine rings is 1. The van der Waals surface area contributed by atoms with Gasteiger partial charge in [-0.15, -0.1) is 6.58 Å². The first-order valence-electron chi connectivity index (χ1n) is 9.66. The number of allylic oxidation sites excluding steroid dienone is 1. The molecular formula is C25H25N3. The van der Waals surface area contributed by atoms with E-state index in [-0.39, 0.29) is 0 Å². The van der Waals surface area contributed by atoms with Crippen LogP contribution in [0.5, 0.6) is 0 Å². The molecule has 2 aromatic carbocycles. The van der Waals surface area contributed by atoms with Gasteiger partial charge in [0.05, 0.1) is 0 Å². The van der Waals surface area contributed by atoms with Gasteiger partial charge in [0.25, 0.3) is 0 Å². The van der Waals surface area contributed by atoms with Crippen LogP contribution in [-0.2, 0) is 26.2 Å². The summed E-state index contributed by atoms with van der Waals surface area (Å²) in [6, 6.07) is 23.5. The minimum Gasteiger partial charge on any atom is -0.343 e. The number of nitrogens with zero attached hydrogens (tertiary/aromatic N) is 3. The highest BCUT2D eigenvalue weighted by Crippen LogP contribution is 2.24. The van der Waals surface area contributed by atoms with E-state index in [4.69, 9.17) is 0 Å². The Bertz CT molecular complexity index is 994. The van der Waals surface area contributed by atoms with E-state index in [0.717, 1.165) is 26.2 Å². The molecule has 2 aromatic heterocycles. The molecule has 140 valence electrons. The molecular weight excluding hydrogens is 342 g/mol. The Morgan fingerprint density at radius 2 is 1.50 bits per heavy atom. The van der Waals surface area contributed by atoms with Gasteiger partial charge in [0.15, 0.2) is 0 Å². The molecule has 0 aliphatic carbocycles. The van der Waals surface area contributed by atoms with Crippen LogP contribution in [0, 0.1) is 0 Å². The van der Waals surface area contributed by atoms with Crippen molar-refractivity contribution in [1.29, 1.82) is 0 Å². The average molecular weight is 367 g/mol. The van der Waals surface area contributed by atoms with Gasteiger partial charge >= 0.3 is 0 Å². The molecule has 0 saturated carbocycles. The van der Waals surface area contributed by atoms with Crippen LogP contribution in [0.4, 0.5) is 0 Å². The van der Waals surface area contributed by atoms with Crippen LogP contribution in [0.2, 0.25) is 0 Å². The summed E-state index contributed by atoms with van der Waals surface area (Å²) in [5.74, 6) is 0. The number of hydrogen-bond donors (Lipinski definition) is 0. The van der Waals surface area contributed by atoms with Crippen molar-refractivity contribution in [2.75, 3.05) is 0 Å². The Balaban J connectivity index is 1.65. The zero-order chi connectivity index (χ0) is 19.2. The van der Waals surface area contributed by atoms with Gasteiger partial charge in [-0.05, 0) is 34.9 Å². The summed E-state index contributed by atoms with van der Waals surface area (Å²) in [6.45, 7) is 7.42. The van der Waals surface area contributed by atoms with Crippen molar-refractivity contribution < 1.29 is 0 Å². The topological polar surface area (TPSA) is 21.1 Å². The zero-order valence-corrected chi connectivity index (χ0v) is 16.0. The van der Waals surface area contributed by atoms with E-state index in [1.165, 1.54) is 27.6 Å². The first-order valence-corrected chi connectivity index (χ1v) is 9.66. The van der Waals surface area contributed by atoms with Crippen molar-refractivity contribution in [3.05, 3.63) is 115 Å². The van der Waals surface area contributed by atoms with Crippen molar-refractivity contribution >= 4 is 10.9 Å². The van der Waals surface area contributed by atoms with Gasteiger partial charge in [0.2, 0.25) is 0 Å². The minimum absolute atomic E-state index is 0.823. The van der Waals surface area contributed by atoms with Crippen molar-refractivity contribution in [2.45, 2.75) is 26.2 Å². The lowest BCUT2D eigenvalue weighted by Gasteiger charge is -2.22. The fraction of sp³-hybridized carbons (Fsp3) is 0.160. The fourth-order valence-corrected chi connectivity index (χ4v) is 3.74. The highest BCUT2D eigenvalue weighted by Gasteiger charge is 2.13. The molecule has 0 radical (unpaired) electrons. The molecule has 0 unspecified atom stereocenters. The van der Waals surface area contributed by atoms with Crippen LogP contribution < -0.4 is 0 Å². The molecule has 0 amide bonds. The quantitative estimate of drug-likeness (QED) is 0.388. The third-order valence-corrected chi connectivity index (χ3v) is 5.00. The Kier molecular flexibility index (Phi) is 5.64. The van der Waals surface area contributed by atoms with E-state index in [9.17, 15) is 0 Å². The van der Waals surface area contributed by atoms with E-state index in [0.29, 0.717) is 0 Å². The van der Waals surface area contributed by atoms with E-state index < -0.39 is 0 Å². The summed E-state index contributed by atoms with van der Waals surface area (Å²) >= 11 is 0. The molecule has 3 nitrogen and oxygen atoms in total. The Morgan fingerprint density at radius 3 is 2.25 bits per heavy atom. The molecule has 0 saturated heterocycles. The molecule has 0 aliphatic rings. The maximum absolute atomic E-state index is 4.15. The highest BCUT2D eigenvalue weighted by atomic mass is 15.1. The molecule has 28 heavy (non-hydrogen) atoms. The SMILES string of the molecule is C=CCn1cc(CN(Cc2ccccc2)Cc2ccncc2)c2ccccc21. The van der Waals surface area contributed by atoms with Crippen molar-refractivity contribution in [2.24, 2.45) is 0 Å².